The highest BCUT2D eigenvalue weighted by atomic mass is 16.3. The third-order valence-electron chi connectivity index (χ3n) is 5.08. The summed E-state index contributed by atoms with van der Waals surface area (Å²) in [6, 6.07) is 19.2. The van der Waals surface area contributed by atoms with E-state index in [0.29, 0.717) is 0 Å². The Hall–Kier alpha value is -2.94. The Morgan fingerprint density at radius 3 is 2.42 bits per heavy atom. The predicted molar refractivity (Wildman–Crippen MR) is 100 cm³/mol. The molecule has 0 saturated carbocycles. The van der Waals surface area contributed by atoms with E-state index in [1.54, 1.807) is 0 Å². The second-order valence-electron chi connectivity index (χ2n) is 6.45. The Labute approximate surface area is 140 Å². The average Bonchev–Trinajstić information content (AvgIpc) is 3.13. The molecule has 3 heteroatoms. The van der Waals surface area contributed by atoms with Gasteiger partial charge in [0.15, 0.2) is 5.58 Å². The molecule has 0 unspecified atom stereocenters. The van der Waals surface area contributed by atoms with Crippen LogP contribution in [0.2, 0.25) is 0 Å². The fourth-order valence-corrected chi connectivity index (χ4v) is 3.58. The summed E-state index contributed by atoms with van der Waals surface area (Å²) in [4.78, 5) is 4.44. The third kappa shape index (κ3) is 1.78. The van der Waals surface area contributed by atoms with Crippen LogP contribution in [0, 0.1) is 0 Å². The van der Waals surface area contributed by atoms with E-state index >= 15 is 0 Å². The lowest BCUT2D eigenvalue weighted by Crippen LogP contribution is -2.33. The summed E-state index contributed by atoms with van der Waals surface area (Å²) >= 11 is 0. The highest BCUT2D eigenvalue weighted by Crippen LogP contribution is 2.38. The first-order valence-electron chi connectivity index (χ1n) is 8.25. The number of hydrogen-bond acceptors (Lipinski definition) is 3. The molecule has 0 aliphatic carbocycles. The number of fused-ring (bicyclic) bond motifs is 4. The number of hydrogen-bond donors (Lipinski definition) is 0. The average molecular weight is 314 g/mol. The van der Waals surface area contributed by atoms with Gasteiger partial charge in [-0.15, -0.1) is 0 Å². The van der Waals surface area contributed by atoms with Crippen molar-refractivity contribution >= 4 is 38.4 Å². The minimum atomic E-state index is 0.280. The second-order valence-corrected chi connectivity index (χ2v) is 6.45. The zero-order valence-electron chi connectivity index (χ0n) is 13.7. The molecule has 4 aromatic rings. The lowest BCUT2D eigenvalue weighted by molar-refractivity contribution is 0.383. The van der Waals surface area contributed by atoms with Gasteiger partial charge in [-0.3, -0.25) is 0 Å². The summed E-state index contributed by atoms with van der Waals surface area (Å²) in [5.74, 6) is 0. The topological polar surface area (TPSA) is 19.6 Å². The maximum atomic E-state index is 6.29. The van der Waals surface area contributed by atoms with Gasteiger partial charge in [-0.05, 0) is 35.9 Å². The number of furan rings is 1. The molecule has 118 valence electrons. The molecule has 24 heavy (non-hydrogen) atoms. The monoisotopic (exact) mass is 314 g/mol. The van der Waals surface area contributed by atoms with E-state index in [9.17, 15) is 0 Å². The van der Waals surface area contributed by atoms with Crippen molar-refractivity contribution in [3.63, 3.8) is 0 Å². The van der Waals surface area contributed by atoms with Crippen molar-refractivity contribution in [1.29, 1.82) is 0 Å². The van der Waals surface area contributed by atoms with Gasteiger partial charge in [0.05, 0.1) is 5.69 Å². The van der Waals surface area contributed by atoms with E-state index in [1.807, 2.05) is 0 Å². The number of benzene rings is 3. The molecule has 0 saturated heterocycles. The number of rotatable bonds is 1. The molecule has 0 bridgehead atoms. The molecule has 3 aromatic carbocycles. The molecule has 5 rings (SSSR count). The Morgan fingerprint density at radius 1 is 0.875 bits per heavy atom. The maximum absolute atomic E-state index is 6.29. The number of anilines is 1. The van der Waals surface area contributed by atoms with Crippen molar-refractivity contribution in [1.82, 2.24) is 4.90 Å². The summed E-state index contributed by atoms with van der Waals surface area (Å²) in [5.41, 5.74) is 3.01. The second kappa shape index (κ2) is 4.78. The Kier molecular flexibility index (Phi) is 2.69. The Balaban J connectivity index is 1.81. The quantitative estimate of drug-likeness (QED) is 0.475. The van der Waals surface area contributed by atoms with Gasteiger partial charge in [0.25, 0.3) is 0 Å². The minimum Gasteiger partial charge on any atom is -0.454 e. The van der Waals surface area contributed by atoms with Crippen LogP contribution in [0.5, 0.6) is 0 Å². The summed E-state index contributed by atoms with van der Waals surface area (Å²) in [6.07, 6.45) is 4.49. The normalized spacial score (nSPS) is 17.7. The summed E-state index contributed by atoms with van der Waals surface area (Å²) < 4.78 is 6.29. The van der Waals surface area contributed by atoms with Crippen LogP contribution in [0.15, 0.2) is 71.4 Å². The van der Waals surface area contributed by atoms with Gasteiger partial charge in [0.2, 0.25) is 0 Å². The van der Waals surface area contributed by atoms with Crippen molar-refractivity contribution in [2.45, 2.75) is 13.1 Å². The molecule has 1 aliphatic heterocycles. The molecule has 0 amide bonds. The van der Waals surface area contributed by atoms with Crippen LogP contribution in [-0.2, 0) is 0 Å². The van der Waals surface area contributed by atoms with Crippen LogP contribution in [0.4, 0.5) is 5.69 Å². The van der Waals surface area contributed by atoms with E-state index in [0.717, 1.165) is 16.9 Å². The smallest absolute Gasteiger partial charge is 0.159 e. The van der Waals surface area contributed by atoms with Crippen LogP contribution >= 0.6 is 0 Å². The predicted octanol–water partition coefficient (Wildman–Crippen LogP) is 5.31. The minimum absolute atomic E-state index is 0.280. The summed E-state index contributed by atoms with van der Waals surface area (Å²) in [6.45, 7) is 2.19. The van der Waals surface area contributed by atoms with Crippen LogP contribution < -0.4 is 4.90 Å². The van der Waals surface area contributed by atoms with Crippen LogP contribution in [0.1, 0.15) is 6.92 Å². The van der Waals surface area contributed by atoms with Crippen LogP contribution in [0.3, 0.4) is 0 Å². The highest BCUT2D eigenvalue weighted by Gasteiger charge is 2.23. The van der Waals surface area contributed by atoms with E-state index in [1.165, 1.54) is 21.5 Å². The molecule has 1 atom stereocenters. The first-order chi connectivity index (χ1) is 11.7. The van der Waals surface area contributed by atoms with Crippen molar-refractivity contribution < 1.29 is 4.42 Å². The van der Waals surface area contributed by atoms with Crippen LogP contribution in [-0.4, -0.2) is 18.1 Å². The fourth-order valence-electron chi connectivity index (χ4n) is 3.58. The fraction of sp³-hybridized carbons (Fsp3) is 0.143. The van der Waals surface area contributed by atoms with Gasteiger partial charge in [0.1, 0.15) is 11.7 Å². The van der Waals surface area contributed by atoms with Gasteiger partial charge in [-0.1, -0.05) is 36.4 Å². The third-order valence-corrected chi connectivity index (χ3v) is 5.08. The van der Waals surface area contributed by atoms with Gasteiger partial charge < -0.3 is 14.2 Å². The lowest BCUT2D eigenvalue weighted by atomic mass is 10.1. The van der Waals surface area contributed by atoms with E-state index in [-0.39, 0.29) is 6.17 Å². The molecule has 2 heterocycles. The van der Waals surface area contributed by atoms with Crippen molar-refractivity contribution in [3.8, 4) is 0 Å². The van der Waals surface area contributed by atoms with Crippen molar-refractivity contribution in [2.24, 2.45) is 0 Å². The zero-order chi connectivity index (χ0) is 16.3. The SMILES string of the molecule is C[C@H]1N(C)C=CN1c1cccc2c1oc1cc3ccccc3cc12. The molecule has 0 N–H and O–H groups in total. The van der Waals surface area contributed by atoms with Gasteiger partial charge in [0, 0.05) is 30.2 Å². The van der Waals surface area contributed by atoms with E-state index < -0.39 is 0 Å². The molecule has 0 fully saturated rings. The molecule has 3 nitrogen and oxygen atoms in total. The Bertz CT molecular complexity index is 1110. The lowest BCUT2D eigenvalue weighted by Gasteiger charge is -2.26. The van der Waals surface area contributed by atoms with Gasteiger partial charge in [-0.25, -0.2) is 0 Å². The largest absolute Gasteiger partial charge is 0.454 e. The highest BCUT2D eigenvalue weighted by molar-refractivity contribution is 6.12. The first-order valence-corrected chi connectivity index (χ1v) is 8.25. The van der Waals surface area contributed by atoms with Crippen LogP contribution in [0.25, 0.3) is 32.7 Å². The van der Waals surface area contributed by atoms with Gasteiger partial charge in [-0.2, -0.15) is 0 Å². The van der Waals surface area contributed by atoms with Crippen molar-refractivity contribution in [3.05, 3.63) is 67.0 Å². The molecule has 1 aromatic heterocycles. The standard InChI is InChI=1S/C21H18N2O/c1-14-22(2)10-11-23(14)19-9-5-8-17-18-12-15-6-3-4-7-16(15)13-20(18)24-21(17)19/h3-14H,1-2H3/t14-/m0/s1. The first kappa shape index (κ1) is 13.5. The molecule has 0 spiro atoms. The van der Waals surface area contributed by atoms with Gasteiger partial charge >= 0.3 is 0 Å². The van der Waals surface area contributed by atoms with Crippen molar-refractivity contribution in [2.75, 3.05) is 11.9 Å². The Morgan fingerprint density at radius 2 is 1.67 bits per heavy atom. The molecule has 0 radical (unpaired) electrons. The number of para-hydroxylation sites is 1. The number of nitrogens with zero attached hydrogens (tertiary/aromatic N) is 2. The molecular formula is C21H18N2O. The zero-order valence-corrected chi connectivity index (χ0v) is 13.7. The summed E-state index contributed by atoms with van der Waals surface area (Å²) in [7, 11) is 2.09. The maximum Gasteiger partial charge on any atom is 0.159 e. The van der Waals surface area contributed by atoms with E-state index in [4.69, 9.17) is 4.42 Å². The van der Waals surface area contributed by atoms with E-state index in [2.05, 4.69) is 90.8 Å². The molecular weight excluding hydrogens is 296 g/mol. The summed E-state index contributed by atoms with van der Waals surface area (Å²) in [5, 5.41) is 4.80. The molecule has 1 aliphatic rings.